The summed E-state index contributed by atoms with van der Waals surface area (Å²) in [4.78, 5) is 15.0. The normalized spacial score (nSPS) is 11.4. The van der Waals surface area contributed by atoms with Crippen LogP contribution < -0.4 is 0 Å². The molecule has 0 unspecified atom stereocenters. The van der Waals surface area contributed by atoms with Crippen molar-refractivity contribution in [2.24, 2.45) is 0 Å². The Morgan fingerprint density at radius 1 is 1.64 bits per heavy atom. The number of carbonyl (C=O) groups excluding carboxylic acids is 1. The summed E-state index contributed by atoms with van der Waals surface area (Å²) in [6.07, 6.45) is 0.601. The molecule has 0 radical (unpaired) electrons. The first kappa shape index (κ1) is 10.6. The molecule has 1 heterocycles. The lowest BCUT2D eigenvalue weighted by atomic mass is 10.2. The minimum absolute atomic E-state index is 0.191. The van der Waals surface area contributed by atoms with Gasteiger partial charge in [-0.2, -0.15) is 4.68 Å². The molecule has 0 aliphatic heterocycles. The van der Waals surface area contributed by atoms with E-state index in [2.05, 4.69) is 10.1 Å². The van der Waals surface area contributed by atoms with Crippen LogP contribution in [0.4, 0.5) is 4.79 Å². The molecule has 1 aromatic rings. The number of rotatable bonds is 1. The summed E-state index contributed by atoms with van der Waals surface area (Å²) < 4.78 is 5.98. The maximum absolute atomic E-state index is 11.3. The highest BCUT2D eigenvalue weighted by Gasteiger charge is 2.18. The second-order valence-corrected chi connectivity index (χ2v) is 3.74. The Labute approximate surface area is 81.5 Å². The van der Waals surface area contributed by atoms with Crippen molar-refractivity contribution in [1.82, 2.24) is 14.8 Å². The highest BCUT2D eigenvalue weighted by molar-refractivity contribution is 5.69. The molecule has 78 valence electrons. The average molecular weight is 199 g/mol. The Kier molecular flexibility index (Phi) is 2.85. The minimum Gasteiger partial charge on any atom is -0.442 e. The molecule has 0 fully saturated rings. The van der Waals surface area contributed by atoms with Crippen molar-refractivity contribution in [3.63, 3.8) is 0 Å². The topological polar surface area (TPSA) is 77.2 Å². The van der Waals surface area contributed by atoms with Gasteiger partial charge in [-0.3, -0.25) is 0 Å². The predicted molar refractivity (Wildman–Crippen MR) is 47.6 cm³/mol. The number of ether oxygens (including phenoxy) is 1. The van der Waals surface area contributed by atoms with E-state index in [-0.39, 0.29) is 12.4 Å². The first-order valence-corrected chi connectivity index (χ1v) is 4.17. The fourth-order valence-electron chi connectivity index (χ4n) is 0.766. The molecule has 0 aliphatic rings. The first-order chi connectivity index (χ1) is 6.42. The summed E-state index contributed by atoms with van der Waals surface area (Å²) in [5.41, 5.74) is -0.567. The van der Waals surface area contributed by atoms with Gasteiger partial charge in [0.25, 0.3) is 0 Å². The number of carbonyl (C=O) groups is 1. The Morgan fingerprint density at radius 3 is 2.71 bits per heavy atom. The van der Waals surface area contributed by atoms with Crippen molar-refractivity contribution in [2.45, 2.75) is 33.0 Å². The summed E-state index contributed by atoms with van der Waals surface area (Å²) in [6, 6.07) is 0. The second kappa shape index (κ2) is 3.75. The highest BCUT2D eigenvalue weighted by Crippen LogP contribution is 2.08. The molecular weight excluding hydrogens is 186 g/mol. The zero-order valence-corrected chi connectivity index (χ0v) is 8.39. The molecule has 0 saturated heterocycles. The smallest absolute Gasteiger partial charge is 0.436 e. The summed E-state index contributed by atoms with van der Waals surface area (Å²) in [5.74, 6) is 0.191. The van der Waals surface area contributed by atoms with Gasteiger partial charge in [0.05, 0.1) is 0 Å². The lowest BCUT2D eigenvalue weighted by Gasteiger charge is -2.18. The van der Waals surface area contributed by atoms with E-state index in [0.29, 0.717) is 0 Å². The second-order valence-electron chi connectivity index (χ2n) is 3.74. The van der Waals surface area contributed by atoms with E-state index < -0.39 is 11.7 Å². The predicted octanol–water partition coefficient (Wildman–Crippen LogP) is 0.554. The van der Waals surface area contributed by atoms with Gasteiger partial charge in [-0.1, -0.05) is 0 Å². The van der Waals surface area contributed by atoms with Crippen LogP contribution >= 0.6 is 0 Å². The van der Waals surface area contributed by atoms with Crippen LogP contribution in [0.15, 0.2) is 6.33 Å². The third-order valence-corrected chi connectivity index (χ3v) is 1.26. The van der Waals surface area contributed by atoms with E-state index in [4.69, 9.17) is 9.84 Å². The van der Waals surface area contributed by atoms with Crippen molar-refractivity contribution < 1.29 is 14.6 Å². The first-order valence-electron chi connectivity index (χ1n) is 4.17. The lowest BCUT2D eigenvalue weighted by molar-refractivity contribution is 0.0512. The number of hydrogen-bond donors (Lipinski definition) is 1. The Hall–Kier alpha value is -1.43. The van der Waals surface area contributed by atoms with Gasteiger partial charge in [0.2, 0.25) is 0 Å². The van der Waals surface area contributed by atoms with Gasteiger partial charge in [0, 0.05) is 0 Å². The third kappa shape index (κ3) is 2.81. The van der Waals surface area contributed by atoms with Crippen LogP contribution in [0, 0.1) is 0 Å². The number of hydrogen-bond acceptors (Lipinski definition) is 5. The Morgan fingerprint density at radius 2 is 2.29 bits per heavy atom. The molecule has 6 nitrogen and oxygen atoms in total. The SMILES string of the molecule is CC(C)(C)OC(=O)n1cnc(CO)n1. The van der Waals surface area contributed by atoms with Crippen molar-refractivity contribution in [2.75, 3.05) is 0 Å². The molecule has 1 N–H and O–H groups in total. The van der Waals surface area contributed by atoms with E-state index >= 15 is 0 Å². The largest absolute Gasteiger partial charge is 0.442 e. The van der Waals surface area contributed by atoms with Crippen LogP contribution in [-0.4, -0.2) is 31.6 Å². The average Bonchev–Trinajstić information content (AvgIpc) is 2.48. The fraction of sp³-hybridized carbons (Fsp3) is 0.625. The molecule has 0 saturated carbocycles. The van der Waals surface area contributed by atoms with E-state index in [0.717, 1.165) is 4.68 Å². The molecule has 0 bridgehead atoms. The monoisotopic (exact) mass is 199 g/mol. The molecule has 1 rings (SSSR count). The number of aromatic nitrogens is 3. The van der Waals surface area contributed by atoms with Crippen LogP contribution in [0.2, 0.25) is 0 Å². The number of nitrogens with zero attached hydrogens (tertiary/aromatic N) is 3. The molecule has 0 aromatic carbocycles. The van der Waals surface area contributed by atoms with Crippen LogP contribution in [0.25, 0.3) is 0 Å². The van der Waals surface area contributed by atoms with E-state index in [9.17, 15) is 4.79 Å². The molecular formula is C8H13N3O3. The van der Waals surface area contributed by atoms with E-state index in [1.807, 2.05) is 0 Å². The summed E-state index contributed by atoms with van der Waals surface area (Å²) in [5, 5.41) is 12.4. The van der Waals surface area contributed by atoms with Gasteiger partial charge in [0.15, 0.2) is 5.82 Å². The van der Waals surface area contributed by atoms with Crippen molar-refractivity contribution in [1.29, 1.82) is 0 Å². The van der Waals surface area contributed by atoms with Gasteiger partial charge >= 0.3 is 6.09 Å². The van der Waals surface area contributed by atoms with Gasteiger partial charge in [-0.15, -0.1) is 5.10 Å². The Bertz CT molecular complexity index is 327. The van der Waals surface area contributed by atoms with Crippen molar-refractivity contribution in [3.8, 4) is 0 Å². The maximum Gasteiger partial charge on any atom is 0.436 e. The van der Waals surface area contributed by atoms with Gasteiger partial charge in [0.1, 0.15) is 18.5 Å². The minimum atomic E-state index is -0.607. The van der Waals surface area contributed by atoms with Gasteiger partial charge < -0.3 is 9.84 Å². The van der Waals surface area contributed by atoms with Crippen LogP contribution in [0.1, 0.15) is 26.6 Å². The quantitative estimate of drug-likeness (QED) is 0.714. The van der Waals surface area contributed by atoms with Crippen molar-refractivity contribution >= 4 is 6.09 Å². The van der Waals surface area contributed by atoms with Crippen LogP contribution in [0.5, 0.6) is 0 Å². The van der Waals surface area contributed by atoms with Crippen molar-refractivity contribution in [3.05, 3.63) is 12.2 Å². The standard InChI is InChI=1S/C8H13N3O3/c1-8(2,3)14-7(13)11-5-9-6(4-12)10-11/h5,12H,4H2,1-3H3. The molecule has 6 heteroatoms. The molecule has 14 heavy (non-hydrogen) atoms. The van der Waals surface area contributed by atoms with Gasteiger partial charge in [-0.05, 0) is 20.8 Å². The zero-order valence-electron chi connectivity index (χ0n) is 8.39. The Balaban J connectivity index is 2.70. The summed E-state index contributed by atoms with van der Waals surface area (Å²) in [6.45, 7) is 4.98. The van der Waals surface area contributed by atoms with E-state index in [1.165, 1.54) is 6.33 Å². The fourth-order valence-corrected chi connectivity index (χ4v) is 0.766. The summed E-state index contributed by atoms with van der Waals surface area (Å²) >= 11 is 0. The highest BCUT2D eigenvalue weighted by atomic mass is 16.6. The molecule has 0 spiro atoms. The van der Waals surface area contributed by atoms with E-state index in [1.54, 1.807) is 20.8 Å². The maximum atomic E-state index is 11.3. The third-order valence-electron chi connectivity index (χ3n) is 1.26. The molecule has 1 aromatic heterocycles. The van der Waals surface area contributed by atoms with Crippen LogP contribution in [0.3, 0.4) is 0 Å². The summed E-state index contributed by atoms with van der Waals surface area (Å²) in [7, 11) is 0. The number of aliphatic hydroxyl groups excluding tert-OH is 1. The molecule has 0 aliphatic carbocycles. The zero-order chi connectivity index (χ0) is 10.8. The lowest BCUT2D eigenvalue weighted by Crippen LogP contribution is -2.27. The van der Waals surface area contributed by atoms with Crippen LogP contribution in [-0.2, 0) is 11.3 Å². The molecule has 0 atom stereocenters. The number of aliphatic hydroxyl groups is 1. The molecule has 0 amide bonds. The van der Waals surface area contributed by atoms with Gasteiger partial charge in [-0.25, -0.2) is 9.78 Å².